The fourth-order valence-corrected chi connectivity index (χ4v) is 3.41. The van der Waals surface area contributed by atoms with Crippen molar-refractivity contribution in [2.24, 2.45) is 11.7 Å². The number of carbonyl (C=O) groups excluding carboxylic acids is 1. The average molecular weight is 375 g/mol. The van der Waals surface area contributed by atoms with Crippen molar-refractivity contribution >= 4 is 30.1 Å². The monoisotopic (exact) mass is 374 g/mol. The van der Waals surface area contributed by atoms with Gasteiger partial charge in [0, 0.05) is 31.7 Å². The zero-order valence-corrected chi connectivity index (χ0v) is 16.1. The predicted octanol–water partition coefficient (Wildman–Crippen LogP) is 2.55. The van der Waals surface area contributed by atoms with Crippen molar-refractivity contribution in [3.8, 4) is 5.75 Å². The summed E-state index contributed by atoms with van der Waals surface area (Å²) in [5, 5.41) is 0. The van der Waals surface area contributed by atoms with Crippen LogP contribution in [0.15, 0.2) is 23.1 Å². The lowest BCUT2D eigenvalue weighted by Gasteiger charge is -2.30. The Hall–Kier alpha value is -0.950. The zero-order valence-electron chi connectivity index (χ0n) is 14.5. The van der Waals surface area contributed by atoms with E-state index in [1.165, 1.54) is 0 Å². The Labute approximate surface area is 154 Å². The minimum Gasteiger partial charge on any atom is -0.496 e. The standard InChI is InChI=1S/C17H26N2O3S.ClH/c1-19(17(20)16(18)13-6-8-22-9-7-13)11-12-4-5-15(23-3)14(10-12)21-2;/h4-5,10,13,16H,6-9,11,18H2,1-3H3;1H. The Bertz CT molecular complexity index is 539. The summed E-state index contributed by atoms with van der Waals surface area (Å²) in [6.45, 7) is 1.92. The summed E-state index contributed by atoms with van der Waals surface area (Å²) in [7, 11) is 3.46. The Morgan fingerprint density at radius 3 is 2.71 bits per heavy atom. The lowest BCUT2D eigenvalue weighted by atomic mass is 9.91. The van der Waals surface area contributed by atoms with Crippen LogP contribution >= 0.6 is 24.2 Å². The summed E-state index contributed by atoms with van der Waals surface area (Å²) < 4.78 is 10.7. The molecule has 1 aromatic rings. The van der Waals surface area contributed by atoms with Crippen LogP contribution in [0, 0.1) is 5.92 Å². The number of thioether (sulfide) groups is 1. The number of ether oxygens (including phenoxy) is 2. The average Bonchev–Trinajstić information content (AvgIpc) is 2.60. The normalized spacial score (nSPS) is 16.2. The molecule has 5 nitrogen and oxygen atoms in total. The summed E-state index contributed by atoms with van der Waals surface area (Å²) in [4.78, 5) is 15.3. The summed E-state index contributed by atoms with van der Waals surface area (Å²) >= 11 is 1.64. The maximum absolute atomic E-state index is 12.5. The smallest absolute Gasteiger partial charge is 0.239 e. The number of likely N-dealkylation sites (N-methyl/N-ethyl adjacent to an activating group) is 1. The van der Waals surface area contributed by atoms with Crippen LogP contribution in [0.3, 0.4) is 0 Å². The molecule has 1 aliphatic heterocycles. The van der Waals surface area contributed by atoms with E-state index in [4.69, 9.17) is 15.2 Å². The molecule has 0 aromatic heterocycles. The Morgan fingerprint density at radius 2 is 2.12 bits per heavy atom. The van der Waals surface area contributed by atoms with E-state index in [0.717, 1.165) is 29.1 Å². The molecule has 1 atom stereocenters. The fourth-order valence-electron chi connectivity index (χ4n) is 2.86. The van der Waals surface area contributed by atoms with E-state index in [2.05, 4.69) is 0 Å². The van der Waals surface area contributed by atoms with Crippen molar-refractivity contribution in [3.63, 3.8) is 0 Å². The van der Waals surface area contributed by atoms with Gasteiger partial charge >= 0.3 is 0 Å². The Balaban J connectivity index is 0.00000288. The largest absolute Gasteiger partial charge is 0.496 e. The molecule has 0 spiro atoms. The van der Waals surface area contributed by atoms with Gasteiger partial charge in [0.15, 0.2) is 0 Å². The first-order valence-electron chi connectivity index (χ1n) is 7.86. The second-order valence-corrected chi connectivity index (χ2v) is 6.71. The number of carbonyl (C=O) groups is 1. The van der Waals surface area contributed by atoms with Crippen molar-refractivity contribution in [1.29, 1.82) is 0 Å². The van der Waals surface area contributed by atoms with Gasteiger partial charge in [-0.05, 0) is 42.7 Å². The van der Waals surface area contributed by atoms with Crippen LogP contribution in [0.2, 0.25) is 0 Å². The van der Waals surface area contributed by atoms with Crippen molar-refractivity contribution in [1.82, 2.24) is 4.90 Å². The van der Waals surface area contributed by atoms with E-state index in [-0.39, 0.29) is 24.2 Å². The molecule has 1 aliphatic rings. The number of benzene rings is 1. The van der Waals surface area contributed by atoms with E-state index in [9.17, 15) is 4.79 Å². The molecule has 1 fully saturated rings. The van der Waals surface area contributed by atoms with Gasteiger partial charge < -0.3 is 20.1 Å². The van der Waals surface area contributed by atoms with Crippen LogP contribution in [0.5, 0.6) is 5.75 Å². The van der Waals surface area contributed by atoms with Crippen molar-refractivity contribution in [2.45, 2.75) is 30.3 Å². The number of amides is 1. The molecule has 136 valence electrons. The first kappa shape index (κ1) is 21.1. The van der Waals surface area contributed by atoms with Gasteiger partial charge in [0.1, 0.15) is 5.75 Å². The first-order chi connectivity index (χ1) is 11.1. The molecule has 24 heavy (non-hydrogen) atoms. The van der Waals surface area contributed by atoms with Gasteiger partial charge in [-0.3, -0.25) is 4.79 Å². The maximum Gasteiger partial charge on any atom is 0.239 e. The van der Waals surface area contributed by atoms with Crippen LogP contribution in [0.1, 0.15) is 18.4 Å². The second kappa shape index (κ2) is 10.1. The van der Waals surface area contributed by atoms with E-state index < -0.39 is 6.04 Å². The predicted molar refractivity (Wildman–Crippen MR) is 100 cm³/mol. The molecule has 0 saturated carbocycles. The molecule has 2 rings (SSSR count). The van der Waals surface area contributed by atoms with E-state index >= 15 is 0 Å². The van der Waals surface area contributed by atoms with Crippen LogP contribution in [-0.2, 0) is 16.1 Å². The van der Waals surface area contributed by atoms with E-state index in [1.807, 2.05) is 24.5 Å². The van der Waals surface area contributed by atoms with Crippen molar-refractivity contribution in [2.75, 3.05) is 33.6 Å². The molecule has 2 N–H and O–H groups in total. The number of nitrogens with two attached hydrogens (primary N) is 1. The number of hydrogen-bond donors (Lipinski definition) is 1. The summed E-state index contributed by atoms with van der Waals surface area (Å²) in [5.74, 6) is 1.04. The Morgan fingerprint density at radius 1 is 1.46 bits per heavy atom. The summed E-state index contributed by atoms with van der Waals surface area (Å²) in [6, 6.07) is 5.58. The molecular weight excluding hydrogens is 348 g/mol. The lowest BCUT2D eigenvalue weighted by molar-refractivity contribution is -0.133. The number of halogens is 1. The van der Waals surface area contributed by atoms with Crippen LogP contribution in [0.4, 0.5) is 0 Å². The molecule has 0 radical (unpaired) electrons. The van der Waals surface area contributed by atoms with Crippen LogP contribution in [0.25, 0.3) is 0 Å². The summed E-state index contributed by atoms with van der Waals surface area (Å²) in [5.41, 5.74) is 7.21. The molecule has 1 unspecified atom stereocenters. The highest BCUT2D eigenvalue weighted by Crippen LogP contribution is 2.28. The molecule has 0 bridgehead atoms. The van der Waals surface area contributed by atoms with E-state index in [1.54, 1.807) is 30.8 Å². The highest BCUT2D eigenvalue weighted by Gasteiger charge is 2.28. The van der Waals surface area contributed by atoms with Gasteiger partial charge in [0.25, 0.3) is 0 Å². The molecule has 0 aliphatic carbocycles. The van der Waals surface area contributed by atoms with Crippen LogP contribution < -0.4 is 10.5 Å². The quantitative estimate of drug-likeness (QED) is 0.775. The van der Waals surface area contributed by atoms with Gasteiger partial charge in [-0.15, -0.1) is 24.2 Å². The van der Waals surface area contributed by atoms with E-state index in [0.29, 0.717) is 19.8 Å². The van der Waals surface area contributed by atoms with Gasteiger partial charge in [-0.1, -0.05) is 6.07 Å². The maximum atomic E-state index is 12.5. The first-order valence-corrected chi connectivity index (χ1v) is 9.08. The minimum atomic E-state index is -0.448. The van der Waals surface area contributed by atoms with Gasteiger partial charge in [0.2, 0.25) is 5.91 Å². The molecule has 1 amide bonds. The number of rotatable bonds is 6. The molecular formula is C17H27ClN2O3S. The van der Waals surface area contributed by atoms with Gasteiger partial charge in [0.05, 0.1) is 13.2 Å². The van der Waals surface area contributed by atoms with Gasteiger partial charge in [-0.25, -0.2) is 0 Å². The lowest BCUT2D eigenvalue weighted by Crippen LogP contribution is -2.47. The topological polar surface area (TPSA) is 64.8 Å². The zero-order chi connectivity index (χ0) is 16.8. The SMILES string of the molecule is COc1cc(CN(C)C(=O)C(N)C2CCOCC2)ccc1SC.Cl. The fraction of sp³-hybridized carbons (Fsp3) is 0.588. The molecule has 1 saturated heterocycles. The van der Waals surface area contributed by atoms with Crippen molar-refractivity contribution < 1.29 is 14.3 Å². The number of nitrogens with zero attached hydrogens (tertiary/aromatic N) is 1. The van der Waals surface area contributed by atoms with Crippen LogP contribution in [-0.4, -0.2) is 50.5 Å². The third-order valence-electron chi connectivity index (χ3n) is 4.30. The minimum absolute atomic E-state index is 0. The number of methoxy groups -OCH3 is 1. The summed E-state index contributed by atoms with van der Waals surface area (Å²) in [6.07, 6.45) is 3.73. The Kier molecular flexibility index (Phi) is 8.91. The highest BCUT2D eigenvalue weighted by molar-refractivity contribution is 7.98. The highest BCUT2D eigenvalue weighted by atomic mass is 35.5. The molecule has 7 heteroatoms. The second-order valence-electron chi connectivity index (χ2n) is 5.86. The number of hydrogen-bond acceptors (Lipinski definition) is 5. The van der Waals surface area contributed by atoms with Crippen molar-refractivity contribution in [3.05, 3.63) is 23.8 Å². The molecule has 1 heterocycles. The third kappa shape index (κ3) is 5.28. The molecule has 1 aromatic carbocycles. The third-order valence-corrected chi connectivity index (χ3v) is 5.08. The van der Waals surface area contributed by atoms with Gasteiger partial charge in [-0.2, -0.15) is 0 Å².